The number of rotatable bonds is 3. The largest absolute Gasteiger partial charge is 0.524 e. The molecule has 0 aromatic carbocycles. The number of hydrogen-bond donors (Lipinski definition) is 2. The molecule has 0 saturated heterocycles. The Morgan fingerprint density at radius 2 is 2.00 bits per heavy atom. The Morgan fingerprint density at radius 1 is 1.56 bits per heavy atom. The topological polar surface area (TPSA) is 49.3 Å². The average Bonchev–Trinajstić information content (AvgIpc) is 1.64. The number of nitrogens with one attached hydrogen (secondary N) is 1. The zero-order valence-electron chi connectivity index (χ0n) is 5.96. The van der Waals surface area contributed by atoms with Gasteiger partial charge in [0, 0.05) is 5.92 Å². The maximum absolute atomic E-state index is 10.5. The molecule has 0 amide bonds. The van der Waals surface area contributed by atoms with Crippen LogP contribution in [-0.2, 0) is 4.57 Å². The van der Waals surface area contributed by atoms with Gasteiger partial charge >= 0.3 is 8.03 Å². The lowest BCUT2D eigenvalue weighted by atomic mass is 10.2. The van der Waals surface area contributed by atoms with Crippen molar-refractivity contribution in [2.75, 3.05) is 7.05 Å². The minimum Gasteiger partial charge on any atom is -0.274 e. The quantitative estimate of drug-likeness (QED) is 0.588. The van der Waals surface area contributed by atoms with Crippen molar-refractivity contribution in [2.45, 2.75) is 19.6 Å². The molecule has 0 rings (SSSR count). The van der Waals surface area contributed by atoms with Gasteiger partial charge in [-0.05, 0) is 11.6 Å². The second kappa shape index (κ2) is 3.94. The first kappa shape index (κ1) is 9.02. The van der Waals surface area contributed by atoms with E-state index < -0.39 is 8.03 Å². The van der Waals surface area contributed by atoms with Gasteiger partial charge in [0.25, 0.3) is 0 Å². The maximum atomic E-state index is 10.5. The van der Waals surface area contributed by atoms with Crippen molar-refractivity contribution >= 4 is 8.03 Å². The van der Waals surface area contributed by atoms with Gasteiger partial charge in [-0.3, -0.25) is 5.32 Å². The van der Waals surface area contributed by atoms with Crippen molar-refractivity contribution in [3.05, 3.63) is 0 Å². The van der Waals surface area contributed by atoms with Crippen molar-refractivity contribution in [2.24, 2.45) is 5.92 Å². The van der Waals surface area contributed by atoms with E-state index >= 15 is 0 Å². The van der Waals surface area contributed by atoms with Crippen LogP contribution in [0.3, 0.4) is 0 Å². The summed E-state index contributed by atoms with van der Waals surface area (Å²) < 4.78 is 10.5. The molecule has 0 aliphatic rings. The zero-order chi connectivity index (χ0) is 7.44. The molecule has 0 spiro atoms. The van der Waals surface area contributed by atoms with Crippen molar-refractivity contribution in [3.63, 3.8) is 0 Å². The Hall–Kier alpha value is 0.0200. The summed E-state index contributed by atoms with van der Waals surface area (Å²) in [7, 11) is -0.376. The molecule has 0 saturated carbocycles. The Morgan fingerprint density at radius 3 is 2.00 bits per heavy atom. The monoisotopic (exact) mass is 150 g/mol. The van der Waals surface area contributed by atoms with E-state index in [9.17, 15) is 4.57 Å². The van der Waals surface area contributed by atoms with Gasteiger partial charge in [0.2, 0.25) is 5.78 Å². The van der Waals surface area contributed by atoms with Crippen molar-refractivity contribution in [1.82, 2.24) is 5.32 Å². The van der Waals surface area contributed by atoms with Gasteiger partial charge in [0.15, 0.2) is 0 Å². The van der Waals surface area contributed by atoms with E-state index in [0.29, 0.717) is 0 Å². The minimum atomic E-state index is -2.06. The molecule has 0 aliphatic heterocycles. The normalized spacial score (nSPS) is 15.9. The highest BCUT2D eigenvalue weighted by atomic mass is 31.1. The molecule has 0 fully saturated rings. The molecular weight excluding hydrogens is 137 g/mol. The first-order valence-electron chi connectivity index (χ1n) is 2.92. The van der Waals surface area contributed by atoms with Gasteiger partial charge in [-0.25, -0.2) is 0 Å². The van der Waals surface area contributed by atoms with E-state index in [4.69, 9.17) is 4.89 Å². The van der Waals surface area contributed by atoms with Crippen LogP contribution in [0.4, 0.5) is 0 Å². The van der Waals surface area contributed by atoms with Gasteiger partial charge in [-0.1, -0.05) is 13.8 Å². The van der Waals surface area contributed by atoms with Gasteiger partial charge in [0.05, 0.1) is 0 Å². The third-order valence-corrected chi connectivity index (χ3v) is 2.50. The first-order valence-corrected chi connectivity index (χ1v) is 4.20. The molecule has 0 aromatic heterocycles. The van der Waals surface area contributed by atoms with Gasteiger partial charge in [0.1, 0.15) is 0 Å². The van der Waals surface area contributed by atoms with E-state index in [-0.39, 0.29) is 11.7 Å². The van der Waals surface area contributed by atoms with Crippen LogP contribution in [0.2, 0.25) is 0 Å². The van der Waals surface area contributed by atoms with E-state index in [1.165, 1.54) is 0 Å². The summed E-state index contributed by atoms with van der Waals surface area (Å²) in [6, 6.07) is 0. The van der Waals surface area contributed by atoms with E-state index in [0.717, 1.165) is 0 Å². The predicted molar refractivity (Wildman–Crippen MR) is 37.5 cm³/mol. The zero-order valence-corrected chi connectivity index (χ0v) is 6.85. The smallest absolute Gasteiger partial charge is 0.274 e. The summed E-state index contributed by atoms with van der Waals surface area (Å²) in [6.45, 7) is 3.81. The van der Waals surface area contributed by atoms with E-state index in [1.54, 1.807) is 7.05 Å². The lowest BCUT2D eigenvalue weighted by Gasteiger charge is -2.04. The summed E-state index contributed by atoms with van der Waals surface area (Å²) in [5.41, 5.74) is 0. The van der Waals surface area contributed by atoms with Crippen LogP contribution in [0, 0.1) is 5.92 Å². The summed E-state index contributed by atoms with van der Waals surface area (Å²) >= 11 is 0. The van der Waals surface area contributed by atoms with Gasteiger partial charge in [-0.15, -0.1) is 0 Å². The fraction of sp³-hybridized carbons (Fsp3) is 1.00. The summed E-state index contributed by atoms with van der Waals surface area (Å²) in [5.74, 6) is -0.0522. The minimum absolute atomic E-state index is 0.212. The van der Waals surface area contributed by atoms with Gasteiger partial charge < -0.3 is 0 Å². The third-order valence-electron chi connectivity index (χ3n) is 1.17. The predicted octanol–water partition coefficient (Wildman–Crippen LogP) is 0.923. The Labute approximate surface area is 56.3 Å². The highest BCUT2D eigenvalue weighted by molar-refractivity contribution is 7.38. The molecule has 54 valence electrons. The van der Waals surface area contributed by atoms with Crippen LogP contribution < -0.4 is 5.32 Å². The SMILES string of the molecule is CNC(C(C)C)[P+](=O)O. The van der Waals surface area contributed by atoms with Crippen LogP contribution >= 0.6 is 8.03 Å². The molecule has 2 atom stereocenters. The van der Waals surface area contributed by atoms with Crippen molar-refractivity contribution in [1.29, 1.82) is 0 Å². The third kappa shape index (κ3) is 2.89. The molecular formula is C5H13NO2P+. The molecule has 2 unspecified atom stereocenters. The second-order valence-electron chi connectivity index (χ2n) is 2.28. The first-order chi connectivity index (χ1) is 4.09. The molecule has 4 heteroatoms. The molecule has 2 N–H and O–H groups in total. The Balaban J connectivity index is 3.83. The van der Waals surface area contributed by atoms with E-state index in [2.05, 4.69) is 5.32 Å². The molecule has 0 aliphatic carbocycles. The average molecular weight is 150 g/mol. The number of hydrogen-bond acceptors (Lipinski definition) is 2. The van der Waals surface area contributed by atoms with Crippen molar-refractivity contribution < 1.29 is 9.46 Å². The van der Waals surface area contributed by atoms with Crippen LogP contribution in [0.5, 0.6) is 0 Å². The fourth-order valence-corrected chi connectivity index (χ4v) is 1.43. The second-order valence-corrected chi connectivity index (χ2v) is 3.44. The van der Waals surface area contributed by atoms with Gasteiger partial charge in [-0.2, -0.15) is 4.89 Å². The highest BCUT2D eigenvalue weighted by Gasteiger charge is 2.29. The molecule has 9 heavy (non-hydrogen) atoms. The summed E-state index contributed by atoms with van der Waals surface area (Å²) in [6.07, 6.45) is 0. The molecule has 3 nitrogen and oxygen atoms in total. The van der Waals surface area contributed by atoms with E-state index in [1.807, 2.05) is 13.8 Å². The van der Waals surface area contributed by atoms with Crippen LogP contribution in [0.25, 0.3) is 0 Å². The molecule has 0 radical (unpaired) electrons. The Bertz CT molecular complexity index is 105. The van der Waals surface area contributed by atoms with Crippen LogP contribution in [-0.4, -0.2) is 17.7 Å². The molecule has 0 aromatic rings. The lowest BCUT2D eigenvalue weighted by molar-refractivity contribution is 0.442. The summed E-state index contributed by atoms with van der Waals surface area (Å²) in [5, 5.41) is 2.77. The Kier molecular flexibility index (Phi) is 3.95. The van der Waals surface area contributed by atoms with Crippen molar-refractivity contribution in [3.8, 4) is 0 Å². The maximum Gasteiger partial charge on any atom is 0.524 e. The highest BCUT2D eigenvalue weighted by Crippen LogP contribution is 2.25. The summed E-state index contributed by atoms with van der Waals surface area (Å²) in [4.78, 5) is 8.63. The fourth-order valence-electron chi connectivity index (χ4n) is 0.699. The van der Waals surface area contributed by atoms with Crippen LogP contribution in [0.1, 0.15) is 13.8 Å². The molecule has 0 bridgehead atoms. The standard InChI is InChI=1S/C5H12NO2P/c1-4(2)5(6-3)9(7)8/h4-6H,1-3H3/p+1. The lowest BCUT2D eigenvalue weighted by Crippen LogP contribution is -2.26. The van der Waals surface area contributed by atoms with Crippen LogP contribution in [0.15, 0.2) is 0 Å². The molecule has 0 heterocycles.